The molecule has 0 unspecified atom stereocenters. The maximum Gasteiger partial charge on any atom is 0.205 e. The highest BCUT2D eigenvalue weighted by molar-refractivity contribution is 9.10. The quantitative estimate of drug-likeness (QED) is 0.708. The third-order valence-electron chi connectivity index (χ3n) is 3.28. The molecule has 21 heavy (non-hydrogen) atoms. The lowest BCUT2D eigenvalue weighted by Crippen LogP contribution is -2.02. The van der Waals surface area contributed by atoms with Gasteiger partial charge >= 0.3 is 0 Å². The number of rotatable bonds is 2. The Balaban J connectivity index is 2.21. The fraction of sp³-hybridized carbons (Fsp3) is 0.0625. The highest BCUT2D eigenvalue weighted by Gasteiger charge is 2.15. The Morgan fingerprint density at radius 1 is 1.05 bits per heavy atom. The van der Waals surface area contributed by atoms with Crippen LogP contribution in [-0.4, -0.2) is 9.55 Å². The van der Waals surface area contributed by atoms with E-state index in [1.807, 2.05) is 60.0 Å². The second kappa shape index (κ2) is 5.54. The van der Waals surface area contributed by atoms with Crippen molar-refractivity contribution in [1.29, 1.82) is 0 Å². The zero-order chi connectivity index (χ0) is 15.0. The number of imidazole rings is 1. The van der Waals surface area contributed by atoms with Gasteiger partial charge in [-0.1, -0.05) is 39.7 Å². The van der Waals surface area contributed by atoms with Crippen molar-refractivity contribution in [2.45, 2.75) is 6.92 Å². The average Bonchev–Trinajstić information content (AvgIpc) is 2.75. The molecule has 0 aliphatic carbocycles. The van der Waals surface area contributed by atoms with Gasteiger partial charge in [-0.05, 0) is 43.3 Å². The van der Waals surface area contributed by atoms with Crippen LogP contribution in [0.25, 0.3) is 16.9 Å². The largest absolute Gasteiger partial charge is 0.369 e. The molecule has 2 aromatic carbocycles. The van der Waals surface area contributed by atoms with Crippen LogP contribution in [0.2, 0.25) is 5.02 Å². The van der Waals surface area contributed by atoms with E-state index < -0.39 is 0 Å². The van der Waals surface area contributed by atoms with E-state index in [2.05, 4.69) is 20.9 Å². The lowest BCUT2D eigenvalue weighted by molar-refractivity contribution is 1.08. The van der Waals surface area contributed by atoms with Gasteiger partial charge in [0.2, 0.25) is 5.95 Å². The molecule has 1 aromatic heterocycles. The molecule has 3 aromatic rings. The number of benzene rings is 2. The third kappa shape index (κ3) is 2.69. The molecular formula is C16H13BrClN3. The van der Waals surface area contributed by atoms with Gasteiger partial charge in [0.15, 0.2) is 0 Å². The van der Waals surface area contributed by atoms with Crippen molar-refractivity contribution < 1.29 is 0 Å². The lowest BCUT2D eigenvalue weighted by atomic mass is 10.1. The van der Waals surface area contributed by atoms with E-state index in [0.29, 0.717) is 11.0 Å². The smallest absolute Gasteiger partial charge is 0.205 e. The van der Waals surface area contributed by atoms with Crippen LogP contribution in [0.15, 0.2) is 53.0 Å². The van der Waals surface area contributed by atoms with Gasteiger partial charge in [0.05, 0.1) is 11.4 Å². The number of hydrogen-bond acceptors (Lipinski definition) is 2. The Morgan fingerprint density at radius 2 is 1.67 bits per heavy atom. The zero-order valence-electron chi connectivity index (χ0n) is 11.3. The average molecular weight is 363 g/mol. The zero-order valence-corrected chi connectivity index (χ0v) is 13.7. The van der Waals surface area contributed by atoms with Crippen molar-refractivity contribution in [1.82, 2.24) is 9.55 Å². The van der Waals surface area contributed by atoms with Crippen molar-refractivity contribution in [3.8, 4) is 16.9 Å². The number of nitrogen functional groups attached to an aromatic ring is 1. The minimum atomic E-state index is 0.472. The second-order valence-corrected chi connectivity index (χ2v) is 6.07. The minimum absolute atomic E-state index is 0.472. The van der Waals surface area contributed by atoms with Crippen molar-refractivity contribution >= 4 is 33.5 Å². The molecule has 0 aliphatic rings. The highest BCUT2D eigenvalue weighted by atomic mass is 79.9. The van der Waals surface area contributed by atoms with Crippen LogP contribution < -0.4 is 5.73 Å². The second-order valence-electron chi connectivity index (χ2n) is 4.72. The predicted octanol–water partition coefficient (Wildman–Crippen LogP) is 4.85. The first-order valence-corrected chi connectivity index (χ1v) is 7.60. The minimum Gasteiger partial charge on any atom is -0.369 e. The predicted molar refractivity (Wildman–Crippen MR) is 90.9 cm³/mol. The van der Waals surface area contributed by atoms with E-state index in [1.165, 1.54) is 0 Å². The van der Waals surface area contributed by atoms with E-state index in [4.69, 9.17) is 17.3 Å². The maximum absolute atomic E-state index is 6.09. The number of hydrogen-bond donors (Lipinski definition) is 1. The Kier molecular flexibility index (Phi) is 3.74. The molecule has 106 valence electrons. The number of nitrogens with two attached hydrogens (primary N) is 1. The fourth-order valence-electron chi connectivity index (χ4n) is 2.35. The van der Waals surface area contributed by atoms with Crippen molar-refractivity contribution in [3.63, 3.8) is 0 Å². The summed E-state index contributed by atoms with van der Waals surface area (Å²) in [4.78, 5) is 4.40. The van der Waals surface area contributed by atoms with Crippen LogP contribution in [0.1, 0.15) is 5.69 Å². The Bertz CT molecular complexity index is 711. The Labute approximate surface area is 136 Å². The summed E-state index contributed by atoms with van der Waals surface area (Å²) in [5.74, 6) is 0.472. The summed E-state index contributed by atoms with van der Waals surface area (Å²) in [5.41, 5.74) is 9.96. The first-order valence-electron chi connectivity index (χ1n) is 6.43. The SMILES string of the molecule is Cc1nc(N)n(-c2ccc(Br)cc2)c1-c1ccc(Cl)cc1. The van der Waals surface area contributed by atoms with Gasteiger partial charge in [0, 0.05) is 20.7 Å². The van der Waals surface area contributed by atoms with Gasteiger partial charge in [-0.25, -0.2) is 4.98 Å². The topological polar surface area (TPSA) is 43.8 Å². The molecule has 0 atom stereocenters. The number of aromatic nitrogens is 2. The van der Waals surface area contributed by atoms with Crippen LogP contribution in [0.5, 0.6) is 0 Å². The Hall–Kier alpha value is -1.78. The van der Waals surface area contributed by atoms with Crippen molar-refractivity contribution in [2.75, 3.05) is 5.73 Å². The molecule has 5 heteroatoms. The van der Waals surface area contributed by atoms with Gasteiger partial charge in [-0.2, -0.15) is 0 Å². The van der Waals surface area contributed by atoms with E-state index >= 15 is 0 Å². The summed E-state index contributed by atoms with van der Waals surface area (Å²) in [5, 5.41) is 0.707. The maximum atomic E-state index is 6.09. The van der Waals surface area contributed by atoms with Gasteiger partial charge in [-0.3, -0.25) is 4.57 Å². The molecule has 0 saturated carbocycles. The molecule has 3 rings (SSSR count). The Morgan fingerprint density at radius 3 is 2.29 bits per heavy atom. The van der Waals surface area contributed by atoms with E-state index in [9.17, 15) is 0 Å². The monoisotopic (exact) mass is 361 g/mol. The first-order chi connectivity index (χ1) is 10.1. The van der Waals surface area contributed by atoms with Gasteiger partial charge < -0.3 is 5.73 Å². The molecule has 0 saturated heterocycles. The molecule has 0 spiro atoms. The summed E-state index contributed by atoms with van der Waals surface area (Å²) < 4.78 is 2.97. The standard InChI is InChI=1S/C16H13BrClN3/c1-10-15(11-2-6-13(18)7-3-11)21(16(19)20-10)14-8-4-12(17)5-9-14/h2-9H,1H3,(H2,19,20). The van der Waals surface area contributed by atoms with Gasteiger partial charge in [0.1, 0.15) is 0 Å². The fourth-order valence-corrected chi connectivity index (χ4v) is 2.74. The van der Waals surface area contributed by atoms with Gasteiger partial charge in [-0.15, -0.1) is 0 Å². The highest BCUT2D eigenvalue weighted by Crippen LogP contribution is 2.30. The normalized spacial score (nSPS) is 10.8. The van der Waals surface area contributed by atoms with Crippen LogP contribution in [0.3, 0.4) is 0 Å². The molecule has 0 radical (unpaired) electrons. The van der Waals surface area contributed by atoms with E-state index in [1.54, 1.807) is 0 Å². The summed E-state index contributed by atoms with van der Waals surface area (Å²) in [7, 11) is 0. The molecular weight excluding hydrogens is 350 g/mol. The third-order valence-corrected chi connectivity index (χ3v) is 4.06. The number of halogens is 2. The van der Waals surface area contributed by atoms with Crippen LogP contribution in [0.4, 0.5) is 5.95 Å². The lowest BCUT2D eigenvalue weighted by Gasteiger charge is -2.11. The van der Waals surface area contributed by atoms with Gasteiger partial charge in [0.25, 0.3) is 0 Å². The molecule has 0 fully saturated rings. The molecule has 3 nitrogen and oxygen atoms in total. The molecule has 0 bridgehead atoms. The molecule has 0 amide bonds. The van der Waals surface area contributed by atoms with Crippen LogP contribution in [0, 0.1) is 6.92 Å². The summed E-state index contributed by atoms with van der Waals surface area (Å²) in [6.07, 6.45) is 0. The number of aryl methyl sites for hydroxylation is 1. The summed E-state index contributed by atoms with van der Waals surface area (Å²) in [6, 6.07) is 15.6. The van der Waals surface area contributed by atoms with Crippen molar-refractivity contribution in [2.24, 2.45) is 0 Å². The summed E-state index contributed by atoms with van der Waals surface area (Å²) in [6.45, 7) is 1.95. The molecule has 2 N–H and O–H groups in total. The van der Waals surface area contributed by atoms with E-state index in [-0.39, 0.29) is 0 Å². The van der Waals surface area contributed by atoms with E-state index in [0.717, 1.165) is 27.1 Å². The van der Waals surface area contributed by atoms with Crippen molar-refractivity contribution in [3.05, 3.63) is 63.7 Å². The number of anilines is 1. The number of nitrogens with zero attached hydrogens (tertiary/aromatic N) is 2. The first kappa shape index (κ1) is 14.2. The summed E-state index contributed by atoms with van der Waals surface area (Å²) >= 11 is 9.41. The van der Waals surface area contributed by atoms with Crippen LogP contribution in [-0.2, 0) is 0 Å². The van der Waals surface area contributed by atoms with Crippen LogP contribution >= 0.6 is 27.5 Å². The molecule has 1 heterocycles. The molecule has 0 aliphatic heterocycles.